The minimum atomic E-state index is -0.620. The van der Waals surface area contributed by atoms with Gasteiger partial charge < -0.3 is 10.1 Å². The first-order valence-electron chi connectivity index (χ1n) is 8.39. The third-order valence-corrected chi connectivity index (χ3v) is 3.96. The molecule has 8 heteroatoms. The van der Waals surface area contributed by atoms with Crippen LogP contribution in [0.25, 0.3) is 11.0 Å². The van der Waals surface area contributed by atoms with Gasteiger partial charge in [0.15, 0.2) is 12.4 Å². The fourth-order valence-electron chi connectivity index (χ4n) is 2.53. The van der Waals surface area contributed by atoms with Crippen molar-refractivity contribution in [2.75, 3.05) is 11.9 Å². The zero-order valence-corrected chi connectivity index (χ0v) is 14.9. The Hall–Kier alpha value is -3.55. The topological polar surface area (TPSA) is 103 Å². The number of hydrogen-bond acceptors (Lipinski definition) is 6. The van der Waals surface area contributed by atoms with E-state index in [2.05, 4.69) is 15.6 Å². The number of hydrogen-bond donors (Lipinski definition) is 1. The van der Waals surface area contributed by atoms with E-state index in [4.69, 9.17) is 4.74 Å². The van der Waals surface area contributed by atoms with E-state index in [0.717, 1.165) is 5.52 Å². The second kappa shape index (κ2) is 7.77. The summed E-state index contributed by atoms with van der Waals surface area (Å²) in [5.41, 5.74) is 2.76. The predicted molar refractivity (Wildman–Crippen MR) is 98.6 cm³/mol. The molecule has 2 aromatic carbocycles. The van der Waals surface area contributed by atoms with Crippen molar-refractivity contribution < 1.29 is 19.1 Å². The van der Waals surface area contributed by atoms with Gasteiger partial charge in [0.1, 0.15) is 5.52 Å². The molecule has 0 atom stereocenters. The van der Waals surface area contributed by atoms with Crippen molar-refractivity contribution in [2.45, 2.75) is 20.4 Å². The molecule has 0 unspecified atom stereocenters. The van der Waals surface area contributed by atoms with Gasteiger partial charge in [-0.15, -0.1) is 5.10 Å². The molecule has 1 heterocycles. The maximum Gasteiger partial charge on any atom is 0.338 e. The van der Waals surface area contributed by atoms with Crippen molar-refractivity contribution >= 4 is 34.4 Å². The Morgan fingerprint density at radius 3 is 2.44 bits per heavy atom. The molecule has 0 fully saturated rings. The molecule has 138 valence electrons. The van der Waals surface area contributed by atoms with Crippen LogP contribution in [0.4, 0.5) is 5.69 Å². The first kappa shape index (κ1) is 18.2. The molecule has 3 rings (SSSR count). The first-order valence-corrected chi connectivity index (χ1v) is 8.39. The second-order valence-corrected chi connectivity index (χ2v) is 5.87. The minimum absolute atomic E-state index is 0.0576. The molecule has 0 aliphatic carbocycles. The number of ketones is 1. The van der Waals surface area contributed by atoms with Gasteiger partial charge in [-0.2, -0.15) is 0 Å². The van der Waals surface area contributed by atoms with Crippen molar-refractivity contribution in [3.63, 3.8) is 0 Å². The molecule has 27 heavy (non-hydrogen) atoms. The average molecular weight is 366 g/mol. The Balaban J connectivity index is 1.58. The van der Waals surface area contributed by atoms with E-state index in [1.165, 1.54) is 6.92 Å². The Morgan fingerprint density at radius 1 is 1.07 bits per heavy atom. The van der Waals surface area contributed by atoms with Crippen LogP contribution in [-0.2, 0) is 16.1 Å². The van der Waals surface area contributed by atoms with Gasteiger partial charge in [0.05, 0.1) is 11.1 Å². The zero-order valence-electron chi connectivity index (χ0n) is 14.9. The maximum absolute atomic E-state index is 12.1. The summed E-state index contributed by atoms with van der Waals surface area (Å²) < 4.78 is 6.76. The molecule has 1 N–H and O–H groups in total. The Bertz CT molecular complexity index is 1010. The van der Waals surface area contributed by atoms with Crippen molar-refractivity contribution in [3.8, 4) is 0 Å². The van der Waals surface area contributed by atoms with E-state index < -0.39 is 18.5 Å². The smallest absolute Gasteiger partial charge is 0.338 e. The van der Waals surface area contributed by atoms with E-state index in [9.17, 15) is 14.4 Å². The van der Waals surface area contributed by atoms with Gasteiger partial charge in [-0.1, -0.05) is 5.21 Å². The summed E-state index contributed by atoms with van der Waals surface area (Å²) in [7, 11) is 0. The van der Waals surface area contributed by atoms with E-state index in [0.29, 0.717) is 28.9 Å². The summed E-state index contributed by atoms with van der Waals surface area (Å²) in [5.74, 6) is -1.15. The van der Waals surface area contributed by atoms with E-state index >= 15 is 0 Å². The molecule has 0 radical (unpaired) electrons. The largest absolute Gasteiger partial charge is 0.452 e. The monoisotopic (exact) mass is 366 g/mol. The Morgan fingerprint density at radius 2 is 1.78 bits per heavy atom. The van der Waals surface area contributed by atoms with Gasteiger partial charge in [0.25, 0.3) is 5.91 Å². The van der Waals surface area contributed by atoms with Crippen LogP contribution in [-0.4, -0.2) is 39.3 Å². The number of aryl methyl sites for hydroxylation is 1. The SMILES string of the molecule is CCn1nnc2cc(C(=O)OCC(=O)Nc3ccc(C(C)=O)cc3)ccc21. The first-order chi connectivity index (χ1) is 13.0. The third kappa shape index (κ3) is 4.17. The van der Waals surface area contributed by atoms with Gasteiger partial charge in [0, 0.05) is 17.8 Å². The second-order valence-electron chi connectivity index (χ2n) is 5.87. The number of Topliss-reactive ketones (excluding diaryl/α,β-unsaturated/α-hetero) is 1. The highest BCUT2D eigenvalue weighted by atomic mass is 16.5. The van der Waals surface area contributed by atoms with Crippen molar-refractivity contribution in [1.82, 2.24) is 15.0 Å². The Kier molecular flexibility index (Phi) is 5.25. The van der Waals surface area contributed by atoms with E-state index in [-0.39, 0.29) is 5.78 Å². The molecule has 1 aromatic heterocycles. The number of amides is 1. The normalized spacial score (nSPS) is 10.6. The number of carbonyl (C=O) groups excluding carboxylic acids is 3. The molecule has 0 spiro atoms. The number of benzene rings is 2. The number of carbonyl (C=O) groups is 3. The van der Waals surface area contributed by atoms with Crippen LogP contribution in [0.2, 0.25) is 0 Å². The van der Waals surface area contributed by atoms with Crippen molar-refractivity contribution in [2.24, 2.45) is 0 Å². The Labute approximate surface area is 155 Å². The number of nitrogens with one attached hydrogen (secondary N) is 1. The number of fused-ring (bicyclic) bond motifs is 1. The summed E-state index contributed by atoms with van der Waals surface area (Å²) >= 11 is 0. The molecule has 0 aliphatic rings. The quantitative estimate of drug-likeness (QED) is 0.531. The number of ether oxygens (including phenoxy) is 1. The summed E-state index contributed by atoms with van der Waals surface area (Å²) in [5, 5.41) is 10.6. The lowest BCUT2D eigenvalue weighted by atomic mass is 10.1. The fraction of sp³-hybridized carbons (Fsp3) is 0.211. The van der Waals surface area contributed by atoms with Crippen molar-refractivity contribution in [1.29, 1.82) is 0 Å². The number of esters is 1. The van der Waals surface area contributed by atoms with Crippen LogP contribution in [0.3, 0.4) is 0 Å². The molecule has 0 saturated heterocycles. The molecular formula is C19H18N4O4. The average Bonchev–Trinajstić information content (AvgIpc) is 3.08. The van der Waals surface area contributed by atoms with Crippen LogP contribution in [0, 0.1) is 0 Å². The summed E-state index contributed by atoms with van der Waals surface area (Å²) in [4.78, 5) is 35.3. The van der Waals surface area contributed by atoms with Gasteiger partial charge in [-0.3, -0.25) is 9.59 Å². The zero-order chi connectivity index (χ0) is 19.4. The highest BCUT2D eigenvalue weighted by Crippen LogP contribution is 2.14. The lowest BCUT2D eigenvalue weighted by molar-refractivity contribution is -0.119. The minimum Gasteiger partial charge on any atom is -0.452 e. The standard InChI is InChI=1S/C19H18N4O4/c1-3-23-17-9-6-14(10-16(17)21-22-23)19(26)27-11-18(25)20-15-7-4-13(5-8-15)12(2)24/h4-10H,3,11H2,1-2H3,(H,20,25). The van der Waals surface area contributed by atoms with Crippen molar-refractivity contribution in [3.05, 3.63) is 53.6 Å². The molecule has 1 amide bonds. The molecule has 8 nitrogen and oxygen atoms in total. The lowest BCUT2D eigenvalue weighted by Gasteiger charge is -2.07. The number of aromatic nitrogens is 3. The molecule has 3 aromatic rings. The van der Waals surface area contributed by atoms with E-state index in [1.807, 2.05) is 6.92 Å². The van der Waals surface area contributed by atoms with Crippen LogP contribution in [0.5, 0.6) is 0 Å². The number of rotatable bonds is 6. The van der Waals surface area contributed by atoms with Crippen LogP contribution in [0.1, 0.15) is 34.6 Å². The lowest BCUT2D eigenvalue weighted by Crippen LogP contribution is -2.21. The number of anilines is 1. The molecular weight excluding hydrogens is 348 g/mol. The summed E-state index contributed by atoms with van der Waals surface area (Å²) in [6.45, 7) is 3.66. The molecule has 0 bridgehead atoms. The predicted octanol–water partition coefficient (Wildman–Crippen LogP) is 2.45. The van der Waals surface area contributed by atoms with Gasteiger partial charge in [0.2, 0.25) is 0 Å². The van der Waals surface area contributed by atoms with E-state index in [1.54, 1.807) is 47.1 Å². The summed E-state index contributed by atoms with van der Waals surface area (Å²) in [6, 6.07) is 11.4. The summed E-state index contributed by atoms with van der Waals surface area (Å²) in [6.07, 6.45) is 0. The van der Waals surface area contributed by atoms with Gasteiger partial charge >= 0.3 is 5.97 Å². The van der Waals surface area contributed by atoms with Crippen LogP contribution in [0.15, 0.2) is 42.5 Å². The van der Waals surface area contributed by atoms with Gasteiger partial charge in [-0.05, 0) is 56.3 Å². The van der Waals surface area contributed by atoms with Gasteiger partial charge in [-0.25, -0.2) is 9.48 Å². The third-order valence-electron chi connectivity index (χ3n) is 3.96. The van der Waals surface area contributed by atoms with Crippen LogP contribution >= 0.6 is 0 Å². The molecule has 0 aliphatic heterocycles. The maximum atomic E-state index is 12.1. The van der Waals surface area contributed by atoms with Crippen LogP contribution < -0.4 is 5.32 Å². The number of nitrogens with zero attached hydrogens (tertiary/aromatic N) is 3. The highest BCUT2D eigenvalue weighted by Gasteiger charge is 2.13. The fourth-order valence-corrected chi connectivity index (χ4v) is 2.53. The highest BCUT2D eigenvalue weighted by molar-refractivity contribution is 5.98. The molecule has 0 saturated carbocycles.